The molecule has 0 bridgehead atoms. The first-order valence-corrected chi connectivity index (χ1v) is 23.3. The highest BCUT2D eigenvalue weighted by molar-refractivity contribution is 6.75. The van der Waals surface area contributed by atoms with Gasteiger partial charge in [0.15, 0.2) is 48.2 Å². The van der Waals surface area contributed by atoms with E-state index in [1.54, 1.807) is 0 Å². The first kappa shape index (κ1) is 34.3. The van der Waals surface area contributed by atoms with Crippen LogP contribution in [0.25, 0.3) is 11.2 Å². The van der Waals surface area contributed by atoms with Gasteiger partial charge in [0.2, 0.25) is 0 Å². The van der Waals surface area contributed by atoms with Gasteiger partial charge < -0.3 is 23.7 Å². The second-order valence-corrected chi connectivity index (χ2v) is 30.3. The topological polar surface area (TPSA) is 107 Å². The zero-order valence-electron chi connectivity index (χ0n) is 28.0. The van der Waals surface area contributed by atoms with Crippen LogP contribution in [0.2, 0.25) is 54.4 Å². The quantitative estimate of drug-likeness (QED) is 0.241. The number of imidazole rings is 1. The molecule has 4 unspecified atom stereocenters. The number of anilines is 1. The summed E-state index contributed by atoms with van der Waals surface area (Å²) in [5.41, 5.74) is 6.52. The molecule has 234 valence electrons. The summed E-state index contributed by atoms with van der Waals surface area (Å²) in [5, 5.41) is -0.151. The Kier molecular flexibility index (Phi) is 9.23. The van der Waals surface area contributed by atoms with Crippen LogP contribution in [-0.2, 0) is 18.0 Å². The Balaban J connectivity index is 2.20. The summed E-state index contributed by atoms with van der Waals surface area (Å²) in [6.07, 6.45) is -1.93. The van der Waals surface area contributed by atoms with Gasteiger partial charge in [-0.05, 0) is 54.4 Å². The Morgan fingerprint density at radius 1 is 0.829 bits per heavy atom. The molecule has 4 atom stereocenters. The lowest BCUT2D eigenvalue weighted by Gasteiger charge is -2.44. The summed E-state index contributed by atoms with van der Waals surface area (Å²) >= 11 is 0. The minimum absolute atomic E-state index is 0.0128. The van der Waals surface area contributed by atoms with Crippen molar-refractivity contribution in [2.45, 2.75) is 141 Å². The fourth-order valence-corrected chi connectivity index (χ4v) is 7.60. The predicted molar refractivity (Wildman–Crippen MR) is 171 cm³/mol. The second kappa shape index (κ2) is 11.0. The number of ether oxygens (including phenoxy) is 1. The van der Waals surface area contributed by atoms with E-state index in [4.69, 9.17) is 23.7 Å². The van der Waals surface area contributed by atoms with E-state index < -0.39 is 55.6 Å². The number of halogens is 1. The second-order valence-electron chi connectivity index (χ2n) is 16.0. The largest absolute Gasteiger partial charge is 0.414 e. The maximum atomic E-state index is 15.7. The fraction of sp³-hybridized carbons (Fsp3) is 0.821. The molecule has 0 amide bonds. The van der Waals surface area contributed by atoms with Gasteiger partial charge in [-0.3, -0.25) is 4.57 Å². The van der Waals surface area contributed by atoms with Crippen molar-refractivity contribution >= 4 is 41.9 Å². The van der Waals surface area contributed by atoms with Crippen LogP contribution in [0.4, 0.5) is 10.2 Å². The van der Waals surface area contributed by atoms with E-state index in [0.29, 0.717) is 6.61 Å². The molecule has 41 heavy (non-hydrogen) atoms. The van der Waals surface area contributed by atoms with Crippen molar-refractivity contribution in [3.05, 3.63) is 12.4 Å². The number of nitrogens with two attached hydrogens (primary N) is 1. The zero-order valence-corrected chi connectivity index (χ0v) is 31.0. The maximum Gasteiger partial charge on any atom is 0.293 e. The molecular weight excluding hydrogens is 574 g/mol. The number of hydrogen-bond acceptors (Lipinski definition) is 8. The molecule has 0 radical (unpaired) electrons. The van der Waals surface area contributed by atoms with Crippen molar-refractivity contribution in [1.82, 2.24) is 19.5 Å². The summed E-state index contributed by atoms with van der Waals surface area (Å²) in [6.45, 7) is 33.4. The Labute approximate surface area is 249 Å². The van der Waals surface area contributed by atoms with Crippen molar-refractivity contribution in [2.24, 2.45) is 0 Å². The molecule has 0 spiro atoms. The Hall–Kier alpha value is -1.23. The summed E-state index contributed by atoms with van der Waals surface area (Å²) < 4.78 is 44.8. The van der Waals surface area contributed by atoms with Crippen LogP contribution in [0.15, 0.2) is 6.33 Å². The number of hydrogen-bond donors (Lipinski definition) is 1. The molecule has 0 aromatic carbocycles. The standard InChI is InChI=1S/C28H54FN5O4Si3/c1-26(2,3)39(10,11)35-16-18-20(37-40(12,13)27(4,5)6)21(38-41(14,15)28(7,8)9)24(36-18)34-23-19(33-25(34)29)22(30)31-17-32-23/h17-18,20-21,24H,16H2,1-15H3,(H2,30,31,32). The average molecular weight is 628 g/mol. The molecule has 1 fully saturated rings. The zero-order chi connectivity index (χ0) is 31.6. The first-order chi connectivity index (χ1) is 18.3. The van der Waals surface area contributed by atoms with Gasteiger partial charge in [-0.15, -0.1) is 0 Å². The number of nitrogens with zero attached hydrogens (tertiary/aromatic N) is 4. The van der Waals surface area contributed by atoms with Crippen molar-refractivity contribution in [2.75, 3.05) is 12.3 Å². The van der Waals surface area contributed by atoms with E-state index in [-0.39, 0.29) is 32.1 Å². The molecule has 3 heterocycles. The maximum absolute atomic E-state index is 15.7. The summed E-state index contributed by atoms with van der Waals surface area (Å²) in [6, 6.07) is 0. The number of aromatic nitrogens is 4. The first-order valence-electron chi connectivity index (χ1n) is 14.6. The summed E-state index contributed by atoms with van der Waals surface area (Å²) in [5.74, 6) is 0.111. The highest BCUT2D eigenvalue weighted by Crippen LogP contribution is 2.47. The van der Waals surface area contributed by atoms with Crippen LogP contribution in [0.1, 0.15) is 68.5 Å². The monoisotopic (exact) mass is 627 g/mol. The van der Waals surface area contributed by atoms with Gasteiger partial charge in [0.05, 0.1) is 6.61 Å². The molecular formula is C28H54FN5O4Si3. The highest BCUT2D eigenvalue weighted by atomic mass is 28.4. The van der Waals surface area contributed by atoms with Gasteiger partial charge in [0.25, 0.3) is 6.08 Å². The molecule has 0 aliphatic carbocycles. The average Bonchev–Trinajstić information content (AvgIpc) is 3.27. The van der Waals surface area contributed by atoms with Gasteiger partial charge in [0.1, 0.15) is 24.6 Å². The third kappa shape index (κ3) is 6.80. The molecule has 2 aromatic rings. The van der Waals surface area contributed by atoms with Crippen LogP contribution in [0.5, 0.6) is 0 Å². The van der Waals surface area contributed by atoms with Crippen LogP contribution >= 0.6 is 0 Å². The van der Waals surface area contributed by atoms with Gasteiger partial charge in [-0.25, -0.2) is 9.97 Å². The van der Waals surface area contributed by atoms with E-state index in [1.165, 1.54) is 10.9 Å². The lowest BCUT2D eigenvalue weighted by molar-refractivity contribution is -0.0518. The van der Waals surface area contributed by atoms with Crippen LogP contribution in [-0.4, -0.2) is 69.4 Å². The van der Waals surface area contributed by atoms with Crippen molar-refractivity contribution in [3.8, 4) is 0 Å². The minimum Gasteiger partial charge on any atom is -0.414 e. The van der Waals surface area contributed by atoms with Crippen LogP contribution in [0.3, 0.4) is 0 Å². The molecule has 9 nitrogen and oxygen atoms in total. The van der Waals surface area contributed by atoms with Crippen LogP contribution < -0.4 is 5.73 Å². The Morgan fingerprint density at radius 2 is 1.32 bits per heavy atom. The smallest absolute Gasteiger partial charge is 0.293 e. The normalized spacial score (nSPS) is 23.5. The van der Waals surface area contributed by atoms with Crippen LogP contribution in [0, 0.1) is 6.08 Å². The molecule has 13 heteroatoms. The van der Waals surface area contributed by atoms with E-state index in [1.807, 2.05) is 0 Å². The van der Waals surface area contributed by atoms with Crippen molar-refractivity contribution in [1.29, 1.82) is 0 Å². The molecule has 2 aromatic heterocycles. The minimum atomic E-state index is -2.39. The van der Waals surface area contributed by atoms with E-state index in [2.05, 4.69) is 117 Å². The molecule has 0 saturated carbocycles. The van der Waals surface area contributed by atoms with E-state index in [9.17, 15) is 0 Å². The molecule has 1 aliphatic heterocycles. The lowest BCUT2D eigenvalue weighted by Crippen LogP contribution is -2.54. The Bertz CT molecular complexity index is 1230. The van der Waals surface area contributed by atoms with E-state index >= 15 is 4.39 Å². The predicted octanol–water partition coefficient (Wildman–Crippen LogP) is 7.25. The van der Waals surface area contributed by atoms with Gasteiger partial charge >= 0.3 is 0 Å². The number of rotatable bonds is 8. The lowest BCUT2D eigenvalue weighted by atomic mass is 10.1. The van der Waals surface area contributed by atoms with Gasteiger partial charge in [-0.1, -0.05) is 62.3 Å². The van der Waals surface area contributed by atoms with Gasteiger partial charge in [-0.2, -0.15) is 9.37 Å². The van der Waals surface area contributed by atoms with Crippen molar-refractivity contribution < 1.29 is 22.4 Å². The number of fused-ring (bicyclic) bond motifs is 1. The summed E-state index contributed by atoms with van der Waals surface area (Å²) in [4.78, 5) is 12.4. The molecule has 2 N–H and O–H groups in total. The fourth-order valence-electron chi connectivity index (χ4n) is 3.98. The molecule has 3 rings (SSSR count). The highest BCUT2D eigenvalue weighted by Gasteiger charge is 2.55. The third-order valence-corrected chi connectivity index (χ3v) is 23.3. The van der Waals surface area contributed by atoms with Crippen molar-refractivity contribution in [3.63, 3.8) is 0 Å². The summed E-state index contributed by atoms with van der Waals surface area (Å²) in [7, 11) is -6.86. The molecule has 1 aliphatic rings. The van der Waals surface area contributed by atoms with E-state index in [0.717, 1.165) is 0 Å². The third-order valence-electron chi connectivity index (χ3n) is 9.89. The van der Waals surface area contributed by atoms with Gasteiger partial charge in [0, 0.05) is 0 Å². The number of nitrogen functional groups attached to an aromatic ring is 1. The molecule has 1 saturated heterocycles. The SMILES string of the molecule is CC(C)(C)[Si](C)(C)OCC1OC(n2c(F)nc3c(N)ncnc32)C(O[Si](C)(C)C(C)(C)C)C1O[Si](C)(C)C(C)(C)C. The Morgan fingerprint density at radius 3 is 1.80 bits per heavy atom.